The number of sulfonamides is 1. The number of hydrogen-bond acceptors (Lipinski definition) is 4. The Morgan fingerprint density at radius 2 is 1.91 bits per heavy atom. The summed E-state index contributed by atoms with van der Waals surface area (Å²) in [5.41, 5.74) is 2.43. The summed E-state index contributed by atoms with van der Waals surface area (Å²) in [6.07, 6.45) is 1.50. The fourth-order valence-electron chi connectivity index (χ4n) is 3.54. The summed E-state index contributed by atoms with van der Waals surface area (Å²) >= 11 is 0. The van der Waals surface area contributed by atoms with Gasteiger partial charge in [-0.15, -0.1) is 0 Å². The highest BCUT2D eigenvalue weighted by Crippen LogP contribution is 2.31. The Labute approximate surface area is 139 Å². The SMILES string of the molecule is CC1c2ccccc2CCN1S(=O)(=O)CCCN1CCOCC1. The van der Waals surface area contributed by atoms with Gasteiger partial charge in [0.15, 0.2) is 0 Å². The van der Waals surface area contributed by atoms with Gasteiger partial charge in [-0.1, -0.05) is 24.3 Å². The maximum absolute atomic E-state index is 12.7. The molecule has 0 amide bonds. The minimum absolute atomic E-state index is 0.0617. The molecule has 0 aliphatic carbocycles. The average Bonchev–Trinajstić information content (AvgIpc) is 2.56. The lowest BCUT2D eigenvalue weighted by Crippen LogP contribution is -2.41. The summed E-state index contributed by atoms with van der Waals surface area (Å²) in [6, 6.07) is 8.11. The molecule has 3 rings (SSSR count). The molecule has 0 bridgehead atoms. The Morgan fingerprint density at radius 1 is 1.17 bits per heavy atom. The Bertz CT molecular complexity index is 626. The molecule has 1 atom stereocenters. The monoisotopic (exact) mass is 338 g/mol. The van der Waals surface area contributed by atoms with Crippen LogP contribution in [0.25, 0.3) is 0 Å². The second-order valence-electron chi connectivity index (χ2n) is 6.36. The number of hydrogen-bond donors (Lipinski definition) is 0. The normalized spacial score (nSPS) is 23.6. The zero-order valence-electron chi connectivity index (χ0n) is 13.8. The van der Waals surface area contributed by atoms with Gasteiger partial charge in [0.05, 0.1) is 19.0 Å². The molecule has 6 heteroatoms. The molecule has 1 saturated heterocycles. The van der Waals surface area contributed by atoms with Crippen LogP contribution >= 0.6 is 0 Å². The molecule has 0 aromatic heterocycles. The Morgan fingerprint density at radius 3 is 2.70 bits per heavy atom. The zero-order chi connectivity index (χ0) is 16.3. The first-order valence-corrected chi connectivity index (χ1v) is 10.1. The average molecular weight is 338 g/mol. The highest BCUT2D eigenvalue weighted by Gasteiger charge is 2.32. The lowest BCUT2D eigenvalue weighted by Gasteiger charge is -2.34. The van der Waals surface area contributed by atoms with Gasteiger partial charge >= 0.3 is 0 Å². The van der Waals surface area contributed by atoms with Gasteiger partial charge in [0.2, 0.25) is 10.0 Å². The molecule has 23 heavy (non-hydrogen) atoms. The van der Waals surface area contributed by atoms with Crippen LogP contribution in [0.3, 0.4) is 0 Å². The van der Waals surface area contributed by atoms with Crippen LogP contribution in [0, 0.1) is 0 Å². The van der Waals surface area contributed by atoms with Crippen molar-refractivity contribution in [3.8, 4) is 0 Å². The fourth-order valence-corrected chi connectivity index (χ4v) is 5.23. The van der Waals surface area contributed by atoms with E-state index in [0.29, 0.717) is 13.0 Å². The summed E-state index contributed by atoms with van der Waals surface area (Å²) in [5, 5.41) is 0. The van der Waals surface area contributed by atoms with Crippen LogP contribution in [0.1, 0.15) is 30.5 Å². The summed E-state index contributed by atoms with van der Waals surface area (Å²) in [5.74, 6) is 0.233. The fraction of sp³-hybridized carbons (Fsp3) is 0.647. The zero-order valence-corrected chi connectivity index (χ0v) is 14.6. The topological polar surface area (TPSA) is 49.9 Å². The largest absolute Gasteiger partial charge is 0.379 e. The number of nitrogens with zero attached hydrogens (tertiary/aromatic N) is 2. The summed E-state index contributed by atoms with van der Waals surface area (Å²) in [6.45, 7) is 6.76. The molecule has 2 aliphatic rings. The van der Waals surface area contributed by atoms with Crippen LogP contribution in [-0.2, 0) is 21.2 Å². The summed E-state index contributed by atoms with van der Waals surface area (Å²) < 4.78 is 32.5. The van der Waals surface area contributed by atoms with E-state index in [-0.39, 0.29) is 11.8 Å². The smallest absolute Gasteiger partial charge is 0.214 e. The summed E-state index contributed by atoms with van der Waals surface area (Å²) in [4.78, 5) is 2.29. The molecule has 0 N–H and O–H groups in total. The predicted octanol–water partition coefficient (Wildman–Crippen LogP) is 1.66. The standard InChI is InChI=1S/C17H26N2O3S/c1-15-17-6-3-2-5-16(17)7-9-19(15)23(20,21)14-4-8-18-10-12-22-13-11-18/h2-3,5-6,15H,4,7-14H2,1H3. The molecule has 1 fully saturated rings. The highest BCUT2D eigenvalue weighted by atomic mass is 32.2. The quantitative estimate of drug-likeness (QED) is 0.819. The molecule has 2 heterocycles. The van der Waals surface area contributed by atoms with E-state index in [9.17, 15) is 8.42 Å². The van der Waals surface area contributed by atoms with Crippen molar-refractivity contribution in [2.75, 3.05) is 45.1 Å². The van der Waals surface area contributed by atoms with Crippen molar-refractivity contribution < 1.29 is 13.2 Å². The molecule has 0 saturated carbocycles. The number of fused-ring (bicyclic) bond motifs is 1. The molecular weight excluding hydrogens is 312 g/mol. The maximum atomic E-state index is 12.7. The van der Waals surface area contributed by atoms with E-state index in [1.807, 2.05) is 19.1 Å². The van der Waals surface area contributed by atoms with Crippen LogP contribution in [-0.4, -0.2) is 62.8 Å². The third kappa shape index (κ3) is 3.94. The van der Waals surface area contributed by atoms with E-state index < -0.39 is 10.0 Å². The van der Waals surface area contributed by atoms with Crippen LogP contribution in [0.15, 0.2) is 24.3 Å². The minimum Gasteiger partial charge on any atom is -0.379 e. The van der Waals surface area contributed by atoms with E-state index in [4.69, 9.17) is 4.74 Å². The Hall–Kier alpha value is -0.950. The number of ether oxygens (including phenoxy) is 1. The predicted molar refractivity (Wildman–Crippen MR) is 90.9 cm³/mol. The second-order valence-corrected chi connectivity index (χ2v) is 8.40. The van der Waals surface area contributed by atoms with E-state index in [1.54, 1.807) is 4.31 Å². The number of rotatable bonds is 5. The van der Waals surface area contributed by atoms with E-state index in [1.165, 1.54) is 5.56 Å². The van der Waals surface area contributed by atoms with Gasteiger partial charge in [-0.05, 0) is 37.4 Å². The van der Waals surface area contributed by atoms with Gasteiger partial charge in [-0.2, -0.15) is 4.31 Å². The highest BCUT2D eigenvalue weighted by molar-refractivity contribution is 7.89. The summed E-state index contributed by atoms with van der Waals surface area (Å²) in [7, 11) is -3.20. The van der Waals surface area contributed by atoms with Crippen molar-refractivity contribution in [3.05, 3.63) is 35.4 Å². The molecule has 1 aromatic rings. The van der Waals surface area contributed by atoms with E-state index in [0.717, 1.165) is 44.8 Å². The van der Waals surface area contributed by atoms with Gasteiger partial charge in [-0.25, -0.2) is 8.42 Å². The maximum Gasteiger partial charge on any atom is 0.214 e. The molecule has 1 aromatic carbocycles. The van der Waals surface area contributed by atoms with Gasteiger partial charge < -0.3 is 4.74 Å². The molecule has 0 spiro atoms. The van der Waals surface area contributed by atoms with Gasteiger partial charge in [0.1, 0.15) is 0 Å². The second kappa shape index (κ2) is 7.30. The first-order valence-electron chi connectivity index (χ1n) is 8.45. The van der Waals surface area contributed by atoms with E-state index in [2.05, 4.69) is 17.0 Å². The van der Waals surface area contributed by atoms with Crippen molar-refractivity contribution in [2.45, 2.75) is 25.8 Å². The minimum atomic E-state index is -3.20. The van der Waals surface area contributed by atoms with E-state index >= 15 is 0 Å². The molecule has 2 aliphatic heterocycles. The van der Waals surface area contributed by atoms with Crippen LogP contribution in [0.5, 0.6) is 0 Å². The number of benzene rings is 1. The van der Waals surface area contributed by atoms with Gasteiger partial charge in [0.25, 0.3) is 0 Å². The van der Waals surface area contributed by atoms with Crippen LogP contribution < -0.4 is 0 Å². The van der Waals surface area contributed by atoms with Crippen molar-refractivity contribution in [1.82, 2.24) is 9.21 Å². The van der Waals surface area contributed by atoms with Gasteiger partial charge in [-0.3, -0.25) is 4.90 Å². The number of morpholine rings is 1. The van der Waals surface area contributed by atoms with Crippen molar-refractivity contribution in [1.29, 1.82) is 0 Å². The van der Waals surface area contributed by atoms with Gasteiger partial charge in [0, 0.05) is 25.7 Å². The van der Waals surface area contributed by atoms with Crippen molar-refractivity contribution in [2.24, 2.45) is 0 Å². The molecule has 1 unspecified atom stereocenters. The van der Waals surface area contributed by atoms with Crippen LogP contribution in [0.2, 0.25) is 0 Å². The van der Waals surface area contributed by atoms with Crippen molar-refractivity contribution in [3.63, 3.8) is 0 Å². The molecule has 5 nitrogen and oxygen atoms in total. The van der Waals surface area contributed by atoms with Crippen molar-refractivity contribution >= 4 is 10.0 Å². The first kappa shape index (κ1) is 16.9. The third-order valence-electron chi connectivity index (χ3n) is 4.88. The molecule has 128 valence electrons. The third-order valence-corrected chi connectivity index (χ3v) is 6.89. The Balaban J connectivity index is 1.59. The molecule has 0 radical (unpaired) electrons. The van der Waals surface area contributed by atoms with Crippen LogP contribution in [0.4, 0.5) is 0 Å². The Kier molecular flexibility index (Phi) is 5.36. The lowest BCUT2D eigenvalue weighted by atomic mass is 9.96. The lowest BCUT2D eigenvalue weighted by molar-refractivity contribution is 0.0380. The molecular formula is C17H26N2O3S. The first-order chi connectivity index (χ1) is 11.1.